The van der Waals surface area contributed by atoms with Crippen LogP contribution in [-0.4, -0.2) is 96.7 Å². The third-order valence-electron chi connectivity index (χ3n) is 17.7. The number of carbonyl (C=O) groups is 4. The lowest BCUT2D eigenvalue weighted by atomic mass is 10.0. The van der Waals surface area contributed by atoms with Crippen molar-refractivity contribution in [3.05, 3.63) is 0 Å². The van der Waals surface area contributed by atoms with Gasteiger partial charge in [0.05, 0.1) is 26.4 Å². The molecule has 564 valence electrons. The summed E-state index contributed by atoms with van der Waals surface area (Å²) in [6.07, 6.45) is 55.9. The Bertz CT molecular complexity index is 1840. The van der Waals surface area contributed by atoms with Crippen LogP contribution in [0.2, 0.25) is 0 Å². The van der Waals surface area contributed by atoms with Crippen LogP contribution in [0.4, 0.5) is 0 Å². The summed E-state index contributed by atoms with van der Waals surface area (Å²) in [4.78, 5) is 72.5. The van der Waals surface area contributed by atoms with E-state index in [9.17, 15) is 43.2 Å². The molecule has 3 N–H and O–H groups in total. The van der Waals surface area contributed by atoms with Crippen LogP contribution in [0.25, 0.3) is 0 Å². The number of unbranched alkanes of at least 4 members (excludes halogenated alkanes) is 45. The largest absolute Gasteiger partial charge is 0.472 e. The van der Waals surface area contributed by atoms with E-state index in [0.717, 1.165) is 108 Å². The Morgan fingerprint density at radius 3 is 0.716 bits per heavy atom. The van der Waals surface area contributed by atoms with Crippen LogP contribution in [0.3, 0.4) is 0 Å². The number of aliphatic hydroxyl groups excluding tert-OH is 1. The lowest BCUT2D eigenvalue weighted by Crippen LogP contribution is -2.30. The number of carbonyl (C=O) groups excluding carboxylic acids is 4. The first-order valence-corrected chi connectivity index (χ1v) is 42.5. The lowest BCUT2D eigenvalue weighted by Gasteiger charge is -2.21. The molecule has 95 heavy (non-hydrogen) atoms. The Labute approximate surface area is 581 Å². The van der Waals surface area contributed by atoms with Crippen molar-refractivity contribution in [1.82, 2.24) is 0 Å². The fourth-order valence-electron chi connectivity index (χ4n) is 11.7. The van der Waals surface area contributed by atoms with E-state index in [1.54, 1.807) is 0 Å². The molecule has 5 atom stereocenters. The van der Waals surface area contributed by atoms with Crippen LogP contribution in [-0.2, 0) is 65.4 Å². The van der Waals surface area contributed by atoms with Crippen LogP contribution in [0.5, 0.6) is 0 Å². The van der Waals surface area contributed by atoms with Crippen molar-refractivity contribution < 1.29 is 80.2 Å². The standard InChI is InChI=1S/C76H148O17P2/c1-7-9-11-13-14-15-16-17-18-19-23-26-31-36-41-47-53-59-74(79)87-65-72(93-76(81)60-54-48-42-37-32-27-24-21-20-22-25-29-34-39-45-50-56-68(3)4)67-91-95(84,85)89-63-70(77)62-88-94(82,83)90-66-71(64-86-73(78)58-52-44-12-10-8-2)92-75(80)61-55-49-43-38-33-28-30-35-40-46-51-57-69(5)6/h68-72,77H,7-67H2,1-6H3,(H,82,83)(H,84,85)/t70-,71+,72+/m0/s1. The maximum absolute atomic E-state index is 13.1. The van der Waals surface area contributed by atoms with Gasteiger partial charge in [0.2, 0.25) is 0 Å². The minimum Gasteiger partial charge on any atom is -0.462 e. The van der Waals surface area contributed by atoms with E-state index in [1.807, 2.05) is 0 Å². The highest BCUT2D eigenvalue weighted by atomic mass is 31.2. The number of hydrogen-bond acceptors (Lipinski definition) is 15. The van der Waals surface area contributed by atoms with E-state index >= 15 is 0 Å². The molecule has 0 aliphatic heterocycles. The number of aliphatic hydroxyl groups is 1. The maximum Gasteiger partial charge on any atom is 0.472 e. The Morgan fingerprint density at radius 2 is 0.484 bits per heavy atom. The molecule has 0 saturated carbocycles. The van der Waals surface area contributed by atoms with E-state index in [-0.39, 0.29) is 25.7 Å². The first-order valence-electron chi connectivity index (χ1n) is 39.5. The summed E-state index contributed by atoms with van der Waals surface area (Å²) in [6.45, 7) is 9.54. The molecule has 0 rings (SSSR count). The smallest absolute Gasteiger partial charge is 0.462 e. The second kappa shape index (κ2) is 67.9. The molecule has 0 fully saturated rings. The van der Waals surface area contributed by atoms with Gasteiger partial charge in [-0.2, -0.15) is 0 Å². The molecular weight excluding hydrogens is 1250 g/mol. The number of phosphoric ester groups is 2. The molecule has 19 heteroatoms. The van der Waals surface area contributed by atoms with Gasteiger partial charge < -0.3 is 33.8 Å². The van der Waals surface area contributed by atoms with Gasteiger partial charge in [-0.3, -0.25) is 37.3 Å². The van der Waals surface area contributed by atoms with E-state index < -0.39 is 97.5 Å². The zero-order valence-electron chi connectivity index (χ0n) is 62.0. The van der Waals surface area contributed by atoms with Crippen LogP contribution in [0.1, 0.15) is 395 Å². The van der Waals surface area contributed by atoms with Crippen molar-refractivity contribution in [3.8, 4) is 0 Å². The Balaban J connectivity index is 5.14. The third-order valence-corrected chi connectivity index (χ3v) is 19.6. The van der Waals surface area contributed by atoms with Crippen LogP contribution in [0, 0.1) is 11.8 Å². The quantitative estimate of drug-likeness (QED) is 0.0222. The molecule has 0 aromatic heterocycles. The minimum atomic E-state index is -4.96. The molecule has 0 aromatic rings. The van der Waals surface area contributed by atoms with E-state index in [1.165, 1.54) is 205 Å². The van der Waals surface area contributed by atoms with E-state index in [2.05, 4.69) is 41.5 Å². The summed E-state index contributed by atoms with van der Waals surface area (Å²) < 4.78 is 68.3. The fourth-order valence-corrected chi connectivity index (χ4v) is 13.2. The van der Waals surface area contributed by atoms with Crippen LogP contribution in [0.15, 0.2) is 0 Å². The zero-order valence-corrected chi connectivity index (χ0v) is 63.8. The molecular formula is C76H148O17P2. The van der Waals surface area contributed by atoms with Gasteiger partial charge in [-0.15, -0.1) is 0 Å². The summed E-state index contributed by atoms with van der Waals surface area (Å²) in [5.74, 6) is -0.551. The first-order chi connectivity index (χ1) is 45.9. The third kappa shape index (κ3) is 70.3. The highest BCUT2D eigenvalue weighted by molar-refractivity contribution is 7.47. The SMILES string of the molecule is CCCCCCCCCCCCCCCCCCCC(=O)OC[C@H](COP(=O)(O)OC[C@@H](O)COP(=O)(O)OC[C@@H](COC(=O)CCCCCCC)OC(=O)CCCCCCCCCCCCCC(C)C)OC(=O)CCCCCCCCCCCCCCCCCCC(C)C. The summed E-state index contributed by atoms with van der Waals surface area (Å²) >= 11 is 0. The van der Waals surface area contributed by atoms with Gasteiger partial charge in [0.1, 0.15) is 19.3 Å². The molecule has 0 heterocycles. The highest BCUT2D eigenvalue weighted by Gasteiger charge is 2.30. The van der Waals surface area contributed by atoms with Crippen molar-refractivity contribution >= 4 is 39.5 Å². The first kappa shape index (κ1) is 93.1. The van der Waals surface area contributed by atoms with Gasteiger partial charge in [0.25, 0.3) is 0 Å². The second-order valence-corrected chi connectivity index (χ2v) is 31.3. The van der Waals surface area contributed by atoms with E-state index in [0.29, 0.717) is 25.7 Å². The van der Waals surface area contributed by atoms with E-state index in [4.69, 9.17) is 37.0 Å². The molecule has 0 aliphatic carbocycles. The number of ether oxygens (including phenoxy) is 4. The number of hydrogen-bond donors (Lipinski definition) is 3. The van der Waals surface area contributed by atoms with Gasteiger partial charge in [-0.05, 0) is 37.5 Å². The van der Waals surface area contributed by atoms with Crippen molar-refractivity contribution in [2.75, 3.05) is 39.6 Å². The normalized spacial score (nSPS) is 14.0. The number of phosphoric acid groups is 2. The predicted molar refractivity (Wildman–Crippen MR) is 386 cm³/mol. The Morgan fingerprint density at radius 1 is 0.284 bits per heavy atom. The molecule has 0 bridgehead atoms. The molecule has 0 saturated heterocycles. The lowest BCUT2D eigenvalue weighted by molar-refractivity contribution is -0.161. The van der Waals surface area contributed by atoms with Crippen molar-refractivity contribution in [2.45, 2.75) is 413 Å². The summed E-state index contributed by atoms with van der Waals surface area (Å²) in [5, 5.41) is 10.6. The average Bonchev–Trinajstić information content (AvgIpc) is 1.59. The van der Waals surface area contributed by atoms with Gasteiger partial charge in [0.15, 0.2) is 12.2 Å². The molecule has 0 aliphatic rings. The van der Waals surface area contributed by atoms with Crippen LogP contribution < -0.4 is 0 Å². The Kier molecular flexibility index (Phi) is 66.5. The van der Waals surface area contributed by atoms with Gasteiger partial charge in [-0.25, -0.2) is 9.13 Å². The molecule has 0 spiro atoms. The Hall–Kier alpha value is -1.94. The molecule has 17 nitrogen and oxygen atoms in total. The monoisotopic (exact) mass is 1400 g/mol. The second-order valence-electron chi connectivity index (χ2n) is 28.3. The molecule has 0 radical (unpaired) electrons. The van der Waals surface area contributed by atoms with Crippen molar-refractivity contribution in [3.63, 3.8) is 0 Å². The average molecular weight is 1400 g/mol. The van der Waals surface area contributed by atoms with Gasteiger partial charge >= 0.3 is 39.5 Å². The van der Waals surface area contributed by atoms with Crippen molar-refractivity contribution in [2.24, 2.45) is 11.8 Å². The topological polar surface area (TPSA) is 237 Å². The van der Waals surface area contributed by atoms with Crippen LogP contribution >= 0.6 is 15.6 Å². The molecule has 2 unspecified atom stereocenters. The van der Waals surface area contributed by atoms with Gasteiger partial charge in [-0.1, -0.05) is 343 Å². The number of esters is 4. The zero-order chi connectivity index (χ0) is 70.0. The van der Waals surface area contributed by atoms with Crippen molar-refractivity contribution in [1.29, 1.82) is 0 Å². The highest BCUT2D eigenvalue weighted by Crippen LogP contribution is 2.45. The molecule has 0 amide bonds. The van der Waals surface area contributed by atoms with Gasteiger partial charge in [0, 0.05) is 25.7 Å². The minimum absolute atomic E-state index is 0.106. The maximum atomic E-state index is 13.1. The summed E-state index contributed by atoms with van der Waals surface area (Å²) in [7, 11) is -9.90. The fraction of sp³-hybridized carbons (Fsp3) is 0.947. The molecule has 0 aromatic carbocycles. The summed E-state index contributed by atoms with van der Waals surface area (Å²) in [5.41, 5.74) is 0. The number of rotatable bonds is 75. The predicted octanol–water partition coefficient (Wildman–Crippen LogP) is 22.3. The summed E-state index contributed by atoms with van der Waals surface area (Å²) in [6, 6.07) is 0.